The highest BCUT2D eigenvalue weighted by molar-refractivity contribution is 7.97. The maximum Gasteiger partial charge on any atom is 0.125 e. The number of nitrogens with one attached hydrogen (secondary N) is 1. The average Bonchev–Trinajstić information content (AvgIpc) is 3.63. The summed E-state index contributed by atoms with van der Waals surface area (Å²) in [5.41, 5.74) is 6.06. The summed E-state index contributed by atoms with van der Waals surface area (Å²) in [7, 11) is 0. The maximum atomic E-state index is 8.92. The highest BCUT2D eigenvalue weighted by Gasteiger charge is 2.29. The summed E-state index contributed by atoms with van der Waals surface area (Å²) >= 11 is 2.06. The van der Waals surface area contributed by atoms with E-state index < -0.39 is 0 Å². The molecular weight excluding hydrogens is 402 g/mol. The largest absolute Gasteiger partial charge is 0.490 e. The third-order valence-electron chi connectivity index (χ3n) is 6.21. The zero-order valence-electron chi connectivity index (χ0n) is 17.8. The van der Waals surface area contributed by atoms with Crippen LogP contribution in [0, 0.1) is 11.3 Å². The van der Waals surface area contributed by atoms with Crippen molar-refractivity contribution in [2.24, 2.45) is 0 Å². The van der Waals surface area contributed by atoms with Gasteiger partial charge in [-0.05, 0) is 78.8 Å². The predicted octanol–water partition coefficient (Wildman–Crippen LogP) is 5.54. The second kappa shape index (κ2) is 9.38. The van der Waals surface area contributed by atoms with Crippen molar-refractivity contribution in [2.75, 3.05) is 13.1 Å². The van der Waals surface area contributed by atoms with Crippen molar-refractivity contribution in [1.82, 2.24) is 9.62 Å². The highest BCUT2D eigenvalue weighted by Crippen LogP contribution is 2.38. The molecule has 0 unspecified atom stereocenters. The fourth-order valence-electron chi connectivity index (χ4n) is 4.31. The van der Waals surface area contributed by atoms with Crippen molar-refractivity contribution in [3.8, 4) is 22.9 Å². The summed E-state index contributed by atoms with van der Waals surface area (Å²) in [5.74, 6) is 1.01. The van der Waals surface area contributed by atoms with Crippen LogP contribution in [0.15, 0.2) is 42.6 Å². The van der Waals surface area contributed by atoms with Gasteiger partial charge in [0.25, 0.3) is 0 Å². The van der Waals surface area contributed by atoms with Crippen molar-refractivity contribution in [3.63, 3.8) is 0 Å². The Morgan fingerprint density at radius 2 is 1.97 bits per heavy atom. The Kier molecular flexibility index (Phi) is 6.20. The van der Waals surface area contributed by atoms with E-state index in [1.165, 1.54) is 40.7 Å². The van der Waals surface area contributed by atoms with E-state index in [9.17, 15) is 0 Å². The first-order valence-electron chi connectivity index (χ1n) is 11.4. The fourth-order valence-corrected chi connectivity index (χ4v) is 5.50. The molecule has 2 aliphatic heterocycles. The summed E-state index contributed by atoms with van der Waals surface area (Å²) in [5, 5.41) is 13.1. The molecular formula is C26H29N3OS. The van der Waals surface area contributed by atoms with Gasteiger partial charge in [-0.1, -0.05) is 36.2 Å². The molecule has 2 fully saturated rings. The van der Waals surface area contributed by atoms with Gasteiger partial charge in [0, 0.05) is 36.9 Å². The van der Waals surface area contributed by atoms with Gasteiger partial charge >= 0.3 is 0 Å². The lowest BCUT2D eigenvalue weighted by Crippen LogP contribution is -2.35. The number of hydrogen-bond donors (Lipinski definition) is 1. The van der Waals surface area contributed by atoms with Gasteiger partial charge in [0.15, 0.2) is 0 Å². The molecule has 0 amide bonds. The van der Waals surface area contributed by atoms with Gasteiger partial charge in [-0.3, -0.25) is 4.31 Å². The first-order valence-corrected chi connectivity index (χ1v) is 12.2. The van der Waals surface area contributed by atoms with Crippen LogP contribution in [0.4, 0.5) is 0 Å². The van der Waals surface area contributed by atoms with Crippen LogP contribution in [0.3, 0.4) is 0 Å². The van der Waals surface area contributed by atoms with E-state index in [1.807, 2.05) is 6.20 Å². The quantitative estimate of drug-likeness (QED) is 0.584. The van der Waals surface area contributed by atoms with Crippen LogP contribution in [-0.2, 0) is 13.0 Å². The van der Waals surface area contributed by atoms with E-state index in [1.54, 1.807) is 0 Å². The summed E-state index contributed by atoms with van der Waals surface area (Å²) in [6.07, 6.45) is 10.7. The molecule has 0 aromatic heterocycles. The van der Waals surface area contributed by atoms with Crippen LogP contribution >= 0.6 is 11.9 Å². The molecule has 5 heteroatoms. The summed E-state index contributed by atoms with van der Waals surface area (Å²) in [6.45, 7) is 3.04. The predicted molar refractivity (Wildman–Crippen MR) is 128 cm³/mol. The minimum atomic E-state index is 0.281. The number of rotatable bonds is 7. The number of piperidine rings is 1. The fraction of sp³-hybridized carbons (Fsp3) is 0.423. The molecule has 5 rings (SSSR count). The van der Waals surface area contributed by atoms with Crippen LogP contribution in [-0.4, -0.2) is 28.7 Å². The van der Waals surface area contributed by atoms with Crippen molar-refractivity contribution in [3.05, 3.63) is 59.3 Å². The zero-order valence-corrected chi connectivity index (χ0v) is 18.7. The van der Waals surface area contributed by atoms with Crippen LogP contribution in [0.2, 0.25) is 0 Å². The topological polar surface area (TPSA) is 48.3 Å². The minimum Gasteiger partial charge on any atom is -0.490 e. The highest BCUT2D eigenvalue weighted by atomic mass is 32.2. The number of hydrogen-bond acceptors (Lipinski definition) is 5. The van der Waals surface area contributed by atoms with Crippen LogP contribution in [0.1, 0.15) is 48.8 Å². The van der Waals surface area contributed by atoms with Crippen molar-refractivity contribution in [1.29, 1.82) is 5.26 Å². The molecule has 1 N–H and O–H groups in total. The number of fused-ring (bicyclic) bond motifs is 1. The van der Waals surface area contributed by atoms with Gasteiger partial charge in [-0.2, -0.15) is 5.26 Å². The van der Waals surface area contributed by atoms with E-state index in [-0.39, 0.29) is 6.10 Å². The molecule has 1 saturated heterocycles. The Morgan fingerprint density at radius 1 is 1.10 bits per heavy atom. The molecule has 2 aromatic rings. The number of benzene rings is 2. The van der Waals surface area contributed by atoms with Crippen molar-refractivity contribution < 1.29 is 4.74 Å². The van der Waals surface area contributed by atoms with E-state index >= 15 is 0 Å². The molecule has 1 saturated carbocycles. The molecule has 31 heavy (non-hydrogen) atoms. The molecule has 2 aromatic carbocycles. The van der Waals surface area contributed by atoms with Crippen LogP contribution in [0.5, 0.6) is 5.75 Å². The number of aryl methyl sites for hydroxylation is 1. The van der Waals surface area contributed by atoms with Crippen LogP contribution in [0.25, 0.3) is 17.2 Å². The molecule has 2 heterocycles. The maximum absolute atomic E-state index is 8.92. The SMILES string of the molecule is N#CCCc1cccc(-c2cc3c(c(OC4CCN(SC5CC5)CC4)c2)CNC=C3)c1. The van der Waals surface area contributed by atoms with Gasteiger partial charge in [-0.25, -0.2) is 0 Å². The smallest absolute Gasteiger partial charge is 0.125 e. The minimum absolute atomic E-state index is 0.281. The lowest BCUT2D eigenvalue weighted by atomic mass is 9.95. The van der Waals surface area contributed by atoms with E-state index in [0.29, 0.717) is 6.42 Å². The first kappa shape index (κ1) is 20.5. The van der Waals surface area contributed by atoms with Gasteiger partial charge < -0.3 is 10.1 Å². The number of nitriles is 1. The molecule has 1 aliphatic carbocycles. The second-order valence-electron chi connectivity index (χ2n) is 8.67. The van der Waals surface area contributed by atoms with Crippen molar-refractivity contribution >= 4 is 18.0 Å². The molecule has 0 bridgehead atoms. The monoisotopic (exact) mass is 431 g/mol. The third kappa shape index (κ3) is 5.08. The lowest BCUT2D eigenvalue weighted by Gasteiger charge is -2.32. The molecule has 0 atom stereocenters. The van der Waals surface area contributed by atoms with Gasteiger partial charge in [-0.15, -0.1) is 0 Å². The zero-order chi connectivity index (χ0) is 21.0. The number of nitrogens with zero attached hydrogens (tertiary/aromatic N) is 2. The molecule has 4 nitrogen and oxygen atoms in total. The number of ether oxygens (including phenoxy) is 1. The summed E-state index contributed by atoms with van der Waals surface area (Å²) < 4.78 is 9.17. The van der Waals surface area contributed by atoms with E-state index in [2.05, 4.69) is 70.1 Å². The van der Waals surface area contributed by atoms with Gasteiger partial charge in [0.05, 0.1) is 6.07 Å². The van der Waals surface area contributed by atoms with Gasteiger partial charge in [0.2, 0.25) is 0 Å². The summed E-state index contributed by atoms with van der Waals surface area (Å²) in [4.78, 5) is 0. The normalized spacial score (nSPS) is 18.8. The molecule has 3 aliphatic rings. The Morgan fingerprint density at radius 3 is 2.77 bits per heavy atom. The lowest BCUT2D eigenvalue weighted by molar-refractivity contribution is 0.137. The molecule has 160 valence electrons. The standard InChI is InChI=1S/C26H29N3OS/c27-11-2-4-19-3-1-5-20(15-19)22-16-21-8-12-28-18-25(21)26(17-22)30-23-9-13-29(14-10-23)31-24-6-7-24/h1,3,5,8,12,15-17,23-24,28H,2,4,6-7,9-10,13-14,18H2. The second-order valence-corrected chi connectivity index (χ2v) is 10.1. The summed E-state index contributed by atoms with van der Waals surface area (Å²) in [6, 6.07) is 15.3. The van der Waals surface area contributed by atoms with Crippen LogP contribution < -0.4 is 10.1 Å². The van der Waals surface area contributed by atoms with E-state index in [0.717, 1.165) is 49.9 Å². The first-order chi connectivity index (χ1) is 15.3. The van der Waals surface area contributed by atoms with E-state index in [4.69, 9.17) is 10.00 Å². The Hall–Kier alpha value is -2.42. The Bertz CT molecular complexity index is 1000. The van der Waals surface area contributed by atoms with Gasteiger partial charge in [0.1, 0.15) is 11.9 Å². The Labute approximate surface area is 189 Å². The third-order valence-corrected chi connectivity index (χ3v) is 7.64. The average molecular weight is 432 g/mol. The molecule has 0 radical (unpaired) electrons. The Balaban J connectivity index is 1.36. The molecule has 0 spiro atoms. The van der Waals surface area contributed by atoms with Crippen molar-refractivity contribution in [2.45, 2.75) is 56.4 Å².